The number of carbonyl (C=O) groups is 3. The Labute approximate surface area is 522 Å². The van der Waals surface area contributed by atoms with Gasteiger partial charge in [-0.25, -0.2) is 14.4 Å². The lowest BCUT2D eigenvalue weighted by atomic mass is 9.83. The first-order valence-electron chi connectivity index (χ1n) is 28.6. The van der Waals surface area contributed by atoms with Crippen LogP contribution in [0.4, 0.5) is 48.5 Å². The standard InChI is InChI=1S/C70H55N15O6/c86-68(80-49-25-31-71-32-26-49)83-52-16-22-61(77-40-52)58-19-13-46(37-74-58)43-89-64-10-4-1-7-55(64)67(56-8-2-5-11-65(56)90-44-47-14-20-59(75-38-47)62-23-17-53(41-78-62)84-69(87)81-50-27-33-72-34-28-50)57-9-3-6-12-66(57)91-45-48-15-21-60(76-39-48)63-24-18-54(42-79-63)85-70(88)82-51-29-35-73-36-30-51/h1-42,67H,43-45H2,(H2,71,80,83,86)(H2,72,81,84,87)(H2,73,82,85,88). The summed E-state index contributed by atoms with van der Waals surface area (Å²) in [6.45, 7) is 0.594. The maximum absolute atomic E-state index is 12.6. The largest absolute Gasteiger partial charge is 0.489 e. The van der Waals surface area contributed by atoms with E-state index in [0.29, 0.717) is 85.5 Å². The van der Waals surface area contributed by atoms with Crippen LogP contribution in [0.15, 0.2) is 256 Å². The molecule has 3 aromatic carbocycles. The molecule has 0 saturated carbocycles. The van der Waals surface area contributed by atoms with Gasteiger partial charge in [-0.2, -0.15) is 0 Å². The van der Waals surface area contributed by atoms with Crippen molar-refractivity contribution in [3.8, 4) is 51.4 Å². The van der Waals surface area contributed by atoms with Crippen LogP contribution in [0.2, 0.25) is 0 Å². The van der Waals surface area contributed by atoms with Crippen molar-refractivity contribution in [2.45, 2.75) is 25.7 Å². The van der Waals surface area contributed by atoms with Gasteiger partial charge in [-0.05, 0) is 109 Å². The molecule has 0 fully saturated rings. The van der Waals surface area contributed by atoms with Crippen LogP contribution < -0.4 is 46.1 Å². The average molecular weight is 1200 g/mol. The van der Waals surface area contributed by atoms with E-state index in [1.54, 1.807) is 147 Å². The lowest BCUT2D eigenvalue weighted by molar-refractivity contribution is 0.261. The quantitative estimate of drug-likeness (QED) is 0.0365. The second-order valence-corrected chi connectivity index (χ2v) is 20.3. The Bertz CT molecular complexity index is 3940. The fraction of sp³-hybridized carbons (Fsp3) is 0.0571. The number of carbonyl (C=O) groups excluding carboxylic acids is 3. The molecule has 0 spiro atoms. The number of hydrogen-bond acceptors (Lipinski definition) is 15. The molecule has 0 radical (unpaired) electrons. The third-order valence-corrected chi connectivity index (χ3v) is 14.0. The minimum atomic E-state index is -0.481. The van der Waals surface area contributed by atoms with Crippen LogP contribution in [0.1, 0.15) is 39.3 Å². The van der Waals surface area contributed by atoms with Gasteiger partial charge in [0.2, 0.25) is 0 Å². The summed E-state index contributed by atoms with van der Waals surface area (Å²) >= 11 is 0. The summed E-state index contributed by atoms with van der Waals surface area (Å²) in [6.07, 6.45) is 19.6. The van der Waals surface area contributed by atoms with E-state index in [-0.39, 0.29) is 19.8 Å². The van der Waals surface area contributed by atoms with Gasteiger partial charge in [-0.15, -0.1) is 0 Å². The number of ether oxygens (including phenoxy) is 3. The number of anilines is 6. The molecular formula is C70H55N15O6. The molecule has 12 rings (SSSR count). The number of nitrogens with one attached hydrogen (secondary N) is 6. The third-order valence-electron chi connectivity index (χ3n) is 14.0. The molecule has 9 aromatic heterocycles. The lowest BCUT2D eigenvalue weighted by Gasteiger charge is -2.26. The van der Waals surface area contributed by atoms with E-state index in [1.165, 1.54) is 0 Å². The summed E-state index contributed by atoms with van der Waals surface area (Å²) in [5.74, 6) is 1.42. The van der Waals surface area contributed by atoms with E-state index in [1.807, 2.05) is 91.0 Å². The van der Waals surface area contributed by atoms with Crippen molar-refractivity contribution in [2.24, 2.45) is 0 Å². The summed E-state index contributed by atoms with van der Waals surface area (Å²) in [7, 11) is 0. The van der Waals surface area contributed by atoms with Crippen LogP contribution in [0.5, 0.6) is 17.2 Å². The van der Waals surface area contributed by atoms with Gasteiger partial charge in [0.05, 0.1) is 69.8 Å². The van der Waals surface area contributed by atoms with Gasteiger partial charge < -0.3 is 46.1 Å². The molecule has 9 heterocycles. The van der Waals surface area contributed by atoms with Crippen molar-refractivity contribution < 1.29 is 28.6 Å². The maximum Gasteiger partial charge on any atom is 0.323 e. The third kappa shape index (κ3) is 15.6. The van der Waals surface area contributed by atoms with Crippen LogP contribution in [0, 0.1) is 0 Å². The molecule has 446 valence electrons. The van der Waals surface area contributed by atoms with E-state index >= 15 is 0 Å². The predicted molar refractivity (Wildman–Crippen MR) is 346 cm³/mol. The Morgan fingerprint density at radius 3 is 0.791 bits per heavy atom. The minimum absolute atomic E-state index is 0.198. The Morgan fingerprint density at radius 1 is 0.286 bits per heavy atom. The van der Waals surface area contributed by atoms with Gasteiger partial charge in [0.1, 0.15) is 37.1 Å². The van der Waals surface area contributed by atoms with Crippen molar-refractivity contribution in [3.05, 3.63) is 290 Å². The highest BCUT2D eigenvalue weighted by atomic mass is 16.5. The highest BCUT2D eigenvalue weighted by Crippen LogP contribution is 2.45. The van der Waals surface area contributed by atoms with E-state index in [2.05, 4.69) is 80.0 Å². The number of hydrogen-bond donors (Lipinski definition) is 6. The Hall–Kier alpha value is -12.8. The molecule has 0 unspecified atom stereocenters. The fourth-order valence-corrected chi connectivity index (χ4v) is 9.57. The Kier molecular flexibility index (Phi) is 18.4. The summed E-state index contributed by atoms with van der Waals surface area (Å²) in [6, 6.07) is 55.0. The lowest BCUT2D eigenvalue weighted by Crippen LogP contribution is -2.19. The van der Waals surface area contributed by atoms with Crippen molar-refractivity contribution in [3.63, 3.8) is 0 Å². The molecule has 6 amide bonds. The monoisotopic (exact) mass is 1200 g/mol. The molecule has 21 nitrogen and oxygen atoms in total. The van der Waals surface area contributed by atoms with Gasteiger partial charge >= 0.3 is 18.1 Å². The van der Waals surface area contributed by atoms with E-state index in [9.17, 15) is 14.4 Å². The first-order valence-corrected chi connectivity index (χ1v) is 28.6. The van der Waals surface area contributed by atoms with Crippen LogP contribution in [0.25, 0.3) is 34.2 Å². The van der Waals surface area contributed by atoms with Crippen LogP contribution in [-0.4, -0.2) is 62.9 Å². The number of rotatable bonds is 21. The first kappa shape index (κ1) is 58.6. The molecule has 0 aliphatic rings. The molecular weight excluding hydrogens is 1150 g/mol. The van der Waals surface area contributed by atoms with E-state index < -0.39 is 24.0 Å². The highest BCUT2D eigenvalue weighted by Gasteiger charge is 2.27. The van der Waals surface area contributed by atoms with Gasteiger partial charge in [0.15, 0.2) is 0 Å². The zero-order valence-electron chi connectivity index (χ0n) is 48.4. The molecule has 0 aliphatic heterocycles. The first-order chi connectivity index (χ1) is 44.8. The SMILES string of the molecule is O=C(Nc1ccncc1)Nc1ccc(-c2ccc(COc3ccccc3C(c3ccccc3OCc3ccc(-c4ccc(NC(=O)Nc5ccncc5)cn4)nc3)c3ccccc3OCc3ccc(-c4ccc(NC(=O)Nc5ccncc5)cn4)nc3)cn2)nc1. The molecule has 0 saturated heterocycles. The van der Waals surface area contributed by atoms with Gasteiger partial charge in [-0.3, -0.25) is 44.9 Å². The molecule has 6 N–H and O–H groups in total. The summed E-state index contributed by atoms with van der Waals surface area (Å²) < 4.78 is 20.3. The number of aromatic nitrogens is 9. The molecule has 12 aromatic rings. The zero-order chi connectivity index (χ0) is 62.0. The molecule has 21 heteroatoms. The second-order valence-electron chi connectivity index (χ2n) is 20.3. The topological polar surface area (TPSA) is 267 Å². The number of urea groups is 3. The van der Waals surface area contributed by atoms with Crippen molar-refractivity contribution in [1.29, 1.82) is 0 Å². The van der Waals surface area contributed by atoms with Gasteiger partial charge in [0, 0.05) is 112 Å². The number of amides is 6. The Balaban J connectivity index is 0.759. The maximum atomic E-state index is 12.6. The van der Waals surface area contributed by atoms with Crippen molar-refractivity contribution in [1.82, 2.24) is 44.9 Å². The molecule has 0 atom stereocenters. The van der Waals surface area contributed by atoms with Crippen LogP contribution >= 0.6 is 0 Å². The summed E-state index contributed by atoms with van der Waals surface area (Å²) in [5.41, 5.74) is 12.3. The second kappa shape index (κ2) is 28.6. The van der Waals surface area contributed by atoms with Crippen LogP contribution in [0.3, 0.4) is 0 Å². The molecule has 0 bridgehead atoms. The predicted octanol–water partition coefficient (Wildman–Crippen LogP) is 14.1. The fourth-order valence-electron chi connectivity index (χ4n) is 9.57. The number of nitrogens with zero attached hydrogens (tertiary/aromatic N) is 9. The molecule has 91 heavy (non-hydrogen) atoms. The van der Waals surface area contributed by atoms with Gasteiger partial charge in [-0.1, -0.05) is 72.8 Å². The minimum Gasteiger partial charge on any atom is -0.489 e. The normalized spacial score (nSPS) is 10.8. The molecule has 0 aliphatic carbocycles. The highest BCUT2D eigenvalue weighted by molar-refractivity contribution is 6.01. The summed E-state index contributed by atoms with van der Waals surface area (Å²) in [5, 5.41) is 16.7. The van der Waals surface area contributed by atoms with E-state index in [4.69, 9.17) is 29.2 Å². The van der Waals surface area contributed by atoms with Crippen LogP contribution in [-0.2, 0) is 19.8 Å². The smallest absolute Gasteiger partial charge is 0.323 e. The number of pyridine rings is 9. The Morgan fingerprint density at radius 2 is 0.538 bits per heavy atom. The van der Waals surface area contributed by atoms with Crippen molar-refractivity contribution in [2.75, 3.05) is 31.9 Å². The number of benzene rings is 3. The van der Waals surface area contributed by atoms with E-state index in [0.717, 1.165) is 33.4 Å². The van der Waals surface area contributed by atoms with Crippen molar-refractivity contribution >= 4 is 52.2 Å². The average Bonchev–Trinajstić information content (AvgIpc) is 1.23. The zero-order valence-corrected chi connectivity index (χ0v) is 48.4. The summed E-state index contributed by atoms with van der Waals surface area (Å²) in [4.78, 5) is 77.6. The number of para-hydroxylation sites is 3. The van der Waals surface area contributed by atoms with Gasteiger partial charge in [0.25, 0.3) is 0 Å².